The molecule has 2 rings (SSSR count). The number of carbonyl (C=O) groups is 1. The first-order valence-corrected chi connectivity index (χ1v) is 10.3. The van der Waals surface area contributed by atoms with Crippen LogP contribution in [0.5, 0.6) is 0 Å². The summed E-state index contributed by atoms with van der Waals surface area (Å²) in [6.45, 7) is 3.30. The van der Waals surface area contributed by atoms with Crippen LogP contribution in [0.15, 0.2) is 48.5 Å². The second-order valence-electron chi connectivity index (χ2n) is 6.32. The maximum Gasteiger partial charge on any atom is 0.416 e. The second kappa shape index (κ2) is 8.22. The highest BCUT2D eigenvalue weighted by Gasteiger charge is 2.34. The van der Waals surface area contributed by atoms with Gasteiger partial charge in [-0.1, -0.05) is 25.1 Å². The van der Waals surface area contributed by atoms with E-state index in [0.717, 1.165) is 30.4 Å². The summed E-state index contributed by atoms with van der Waals surface area (Å²) in [7, 11) is -4.02. The summed E-state index contributed by atoms with van der Waals surface area (Å²) in [6, 6.07) is 9.61. The van der Waals surface area contributed by atoms with Crippen molar-refractivity contribution >= 4 is 27.3 Å². The zero-order valence-corrected chi connectivity index (χ0v) is 16.4. The van der Waals surface area contributed by atoms with Crippen LogP contribution in [-0.2, 0) is 27.4 Å². The summed E-state index contributed by atoms with van der Waals surface area (Å²) in [4.78, 5) is 12.6. The Kier molecular flexibility index (Phi) is 6.38. The van der Waals surface area contributed by atoms with Gasteiger partial charge >= 0.3 is 6.18 Å². The Morgan fingerprint density at radius 2 is 1.75 bits per heavy atom. The van der Waals surface area contributed by atoms with Crippen LogP contribution in [0.25, 0.3) is 0 Å². The fourth-order valence-corrected chi connectivity index (χ4v) is 3.87. The highest BCUT2D eigenvalue weighted by atomic mass is 32.2. The molecule has 0 fully saturated rings. The van der Waals surface area contributed by atoms with E-state index in [1.807, 2.05) is 19.1 Å². The topological polar surface area (TPSA) is 66.5 Å². The molecule has 0 aliphatic heterocycles. The van der Waals surface area contributed by atoms with Crippen LogP contribution in [0.2, 0.25) is 0 Å². The predicted octanol–water partition coefficient (Wildman–Crippen LogP) is 4.06. The molecule has 0 spiro atoms. The van der Waals surface area contributed by atoms with Crippen LogP contribution in [0.4, 0.5) is 24.5 Å². The van der Waals surface area contributed by atoms with Crippen LogP contribution < -0.4 is 9.62 Å². The number of halogens is 3. The maximum absolute atomic E-state index is 13.0. The summed E-state index contributed by atoms with van der Waals surface area (Å²) in [5.41, 5.74) is 0.294. The van der Waals surface area contributed by atoms with Gasteiger partial charge in [0.25, 0.3) is 0 Å². The number of rotatable bonds is 6. The molecule has 152 valence electrons. The zero-order valence-electron chi connectivity index (χ0n) is 15.6. The van der Waals surface area contributed by atoms with Crippen molar-refractivity contribution in [2.75, 3.05) is 15.9 Å². The van der Waals surface area contributed by atoms with Gasteiger partial charge in [-0.05, 0) is 49.2 Å². The van der Waals surface area contributed by atoms with Crippen molar-refractivity contribution in [1.29, 1.82) is 0 Å². The van der Waals surface area contributed by atoms with Crippen LogP contribution >= 0.6 is 0 Å². The largest absolute Gasteiger partial charge is 0.416 e. The van der Waals surface area contributed by atoms with E-state index in [-0.39, 0.29) is 5.69 Å². The Morgan fingerprint density at radius 3 is 2.25 bits per heavy atom. The molecule has 0 bridgehead atoms. The van der Waals surface area contributed by atoms with Gasteiger partial charge in [-0.2, -0.15) is 13.2 Å². The van der Waals surface area contributed by atoms with Crippen molar-refractivity contribution in [3.63, 3.8) is 0 Å². The minimum Gasteiger partial charge on any atom is -0.324 e. The van der Waals surface area contributed by atoms with Crippen LogP contribution in [0.1, 0.15) is 25.0 Å². The first-order valence-electron chi connectivity index (χ1n) is 8.50. The van der Waals surface area contributed by atoms with Gasteiger partial charge in [0.15, 0.2) is 0 Å². The lowest BCUT2D eigenvalue weighted by Crippen LogP contribution is -2.45. The van der Waals surface area contributed by atoms with E-state index in [2.05, 4.69) is 5.32 Å². The van der Waals surface area contributed by atoms with E-state index >= 15 is 0 Å². The van der Waals surface area contributed by atoms with E-state index in [1.165, 1.54) is 13.0 Å². The molecule has 5 nitrogen and oxygen atoms in total. The summed E-state index contributed by atoms with van der Waals surface area (Å²) in [5.74, 6) is -0.660. The molecule has 0 aromatic heterocycles. The van der Waals surface area contributed by atoms with Crippen molar-refractivity contribution in [2.45, 2.75) is 32.5 Å². The summed E-state index contributed by atoms with van der Waals surface area (Å²) in [5, 5.41) is 2.59. The number of anilines is 2. The minimum atomic E-state index is -4.63. The molecular weight excluding hydrogens is 393 g/mol. The first kappa shape index (κ1) is 21.7. The SMILES string of the molecule is CCc1ccc(NC(=O)[C@H](C)N(c2cccc(C(F)(F)F)c2)S(C)(=O)=O)cc1. The molecule has 1 amide bonds. The number of aryl methyl sites for hydroxylation is 1. The maximum atomic E-state index is 13.0. The number of amides is 1. The van der Waals surface area contributed by atoms with Gasteiger partial charge in [0, 0.05) is 5.69 Å². The number of benzene rings is 2. The molecule has 2 aromatic carbocycles. The molecule has 1 atom stereocenters. The number of nitrogens with zero attached hydrogens (tertiary/aromatic N) is 1. The molecule has 9 heteroatoms. The number of nitrogens with one attached hydrogen (secondary N) is 1. The Bertz CT molecular complexity index is 942. The van der Waals surface area contributed by atoms with Gasteiger partial charge in [-0.15, -0.1) is 0 Å². The predicted molar refractivity (Wildman–Crippen MR) is 103 cm³/mol. The fourth-order valence-electron chi connectivity index (χ4n) is 2.70. The van der Waals surface area contributed by atoms with E-state index in [1.54, 1.807) is 12.1 Å². The monoisotopic (exact) mass is 414 g/mol. The minimum absolute atomic E-state index is 0.235. The highest BCUT2D eigenvalue weighted by molar-refractivity contribution is 7.92. The third kappa shape index (κ3) is 5.25. The van der Waals surface area contributed by atoms with E-state index in [9.17, 15) is 26.4 Å². The lowest BCUT2D eigenvalue weighted by Gasteiger charge is -2.28. The molecule has 1 N–H and O–H groups in total. The van der Waals surface area contributed by atoms with Crippen molar-refractivity contribution in [3.8, 4) is 0 Å². The molecule has 2 aromatic rings. The fraction of sp³-hybridized carbons (Fsp3) is 0.316. The average molecular weight is 414 g/mol. The van der Waals surface area contributed by atoms with Crippen LogP contribution in [-0.4, -0.2) is 26.6 Å². The number of hydrogen-bond acceptors (Lipinski definition) is 3. The molecule has 0 aliphatic rings. The molecule has 0 saturated carbocycles. The van der Waals surface area contributed by atoms with Gasteiger partial charge in [-0.25, -0.2) is 8.42 Å². The standard InChI is InChI=1S/C19H21F3N2O3S/c1-4-14-8-10-16(11-9-14)23-18(25)13(2)24(28(3,26)27)17-7-5-6-15(12-17)19(20,21)22/h5-13H,4H2,1-3H3,(H,23,25)/t13-/m0/s1. The van der Waals surface area contributed by atoms with E-state index < -0.39 is 33.7 Å². The van der Waals surface area contributed by atoms with Crippen LogP contribution in [0.3, 0.4) is 0 Å². The Morgan fingerprint density at radius 1 is 1.14 bits per heavy atom. The van der Waals surface area contributed by atoms with Gasteiger partial charge in [0.05, 0.1) is 17.5 Å². The summed E-state index contributed by atoms with van der Waals surface area (Å²) >= 11 is 0. The molecule has 0 radical (unpaired) electrons. The molecule has 0 aliphatic carbocycles. The number of alkyl halides is 3. The summed E-state index contributed by atoms with van der Waals surface area (Å²) < 4.78 is 64.1. The Hall–Kier alpha value is -2.55. The van der Waals surface area contributed by atoms with E-state index in [4.69, 9.17) is 0 Å². The molecule has 0 heterocycles. The Labute approximate surface area is 162 Å². The van der Waals surface area contributed by atoms with Gasteiger partial charge in [-0.3, -0.25) is 9.10 Å². The third-order valence-corrected chi connectivity index (χ3v) is 5.39. The van der Waals surface area contributed by atoms with E-state index in [0.29, 0.717) is 16.1 Å². The smallest absolute Gasteiger partial charge is 0.324 e. The molecular formula is C19H21F3N2O3S. The normalized spacial score (nSPS) is 13.1. The first-order chi connectivity index (χ1) is 12.9. The lowest BCUT2D eigenvalue weighted by molar-refractivity contribution is -0.137. The summed E-state index contributed by atoms with van der Waals surface area (Å²) in [6.07, 6.45) is -2.97. The van der Waals surface area contributed by atoms with Gasteiger partial charge in [0.2, 0.25) is 15.9 Å². The van der Waals surface area contributed by atoms with Crippen LogP contribution in [0, 0.1) is 0 Å². The number of sulfonamides is 1. The quantitative estimate of drug-likeness (QED) is 0.775. The molecule has 28 heavy (non-hydrogen) atoms. The van der Waals surface area contributed by atoms with Crippen molar-refractivity contribution in [3.05, 3.63) is 59.7 Å². The van der Waals surface area contributed by atoms with Crippen molar-refractivity contribution in [2.24, 2.45) is 0 Å². The number of carbonyl (C=O) groups excluding carboxylic acids is 1. The molecule has 0 unspecified atom stereocenters. The lowest BCUT2D eigenvalue weighted by atomic mass is 10.1. The van der Waals surface area contributed by atoms with Gasteiger partial charge < -0.3 is 5.32 Å². The van der Waals surface area contributed by atoms with Gasteiger partial charge in [0.1, 0.15) is 6.04 Å². The van der Waals surface area contributed by atoms with Crippen molar-refractivity contribution in [1.82, 2.24) is 0 Å². The van der Waals surface area contributed by atoms with Crippen molar-refractivity contribution < 1.29 is 26.4 Å². The molecule has 0 saturated heterocycles. The number of hydrogen-bond donors (Lipinski definition) is 1. The zero-order chi connectivity index (χ0) is 21.1. The highest BCUT2D eigenvalue weighted by Crippen LogP contribution is 2.33. The average Bonchev–Trinajstić information content (AvgIpc) is 2.60. The third-order valence-electron chi connectivity index (χ3n) is 4.15. The second-order valence-corrected chi connectivity index (χ2v) is 8.18. The Balaban J connectivity index is 2.33.